The van der Waals surface area contributed by atoms with Gasteiger partial charge in [-0.05, 0) is 68.9 Å². The zero-order chi connectivity index (χ0) is 24.3. The maximum Gasteiger partial charge on any atom is 0.252 e. The standard InChI is InChI=1S/C25H29FN4O3S/c1-25(2,26)14-28-34(32,33)24-20-10-19(29-18-6-7-30(3)23(31)11-18)9-16(20)8-17-13-27-22(12-21(17)24)15-4-5-15/h6-8,11-13,15,19,28-29H,4-5,9-10,14H2,1-3H3. The number of benzene rings is 1. The van der Waals surface area contributed by atoms with Crippen molar-refractivity contribution < 1.29 is 12.8 Å². The smallest absolute Gasteiger partial charge is 0.252 e. The Morgan fingerprint density at radius 3 is 2.65 bits per heavy atom. The minimum atomic E-state index is -3.97. The Labute approximate surface area is 198 Å². The van der Waals surface area contributed by atoms with Crippen LogP contribution in [0.5, 0.6) is 0 Å². The van der Waals surface area contributed by atoms with Crippen molar-refractivity contribution in [2.75, 3.05) is 11.9 Å². The minimum Gasteiger partial charge on any atom is -0.381 e. The van der Waals surface area contributed by atoms with Crippen LogP contribution in [-0.2, 0) is 29.9 Å². The lowest BCUT2D eigenvalue weighted by atomic mass is 10.0. The maximum absolute atomic E-state index is 14.2. The maximum atomic E-state index is 14.2. The van der Waals surface area contributed by atoms with Gasteiger partial charge in [0.15, 0.2) is 0 Å². The molecule has 0 amide bonds. The summed E-state index contributed by atoms with van der Waals surface area (Å²) in [6, 6.07) is 7.20. The number of sulfonamides is 1. The van der Waals surface area contributed by atoms with Gasteiger partial charge in [0, 0.05) is 66.2 Å². The van der Waals surface area contributed by atoms with Gasteiger partial charge in [-0.2, -0.15) is 0 Å². The SMILES string of the molecule is Cn1ccc(NC2Cc3cc4cnc(C5CC5)cc4c(S(=O)(=O)NCC(C)(C)F)c3C2)cc1=O. The van der Waals surface area contributed by atoms with Crippen LogP contribution in [0, 0.1) is 0 Å². The minimum absolute atomic E-state index is 0.0682. The number of nitrogens with zero attached hydrogens (tertiary/aromatic N) is 2. The average Bonchev–Trinajstić information content (AvgIpc) is 3.53. The first-order valence-electron chi connectivity index (χ1n) is 11.6. The highest BCUT2D eigenvalue weighted by Gasteiger charge is 2.33. The first kappa shape index (κ1) is 23.0. The predicted molar refractivity (Wildman–Crippen MR) is 131 cm³/mol. The lowest BCUT2D eigenvalue weighted by Crippen LogP contribution is -2.36. The van der Waals surface area contributed by atoms with Crippen LogP contribution in [0.15, 0.2) is 46.3 Å². The van der Waals surface area contributed by atoms with Crippen LogP contribution in [0.2, 0.25) is 0 Å². The van der Waals surface area contributed by atoms with E-state index in [9.17, 15) is 17.6 Å². The molecular formula is C25H29FN4O3S. The molecule has 7 nitrogen and oxygen atoms in total. The van der Waals surface area contributed by atoms with Crippen molar-refractivity contribution in [3.63, 3.8) is 0 Å². The molecule has 9 heteroatoms. The summed E-state index contributed by atoms with van der Waals surface area (Å²) in [6.07, 6.45) is 6.66. The van der Waals surface area contributed by atoms with Gasteiger partial charge in [-0.15, -0.1) is 0 Å². The molecule has 2 aromatic heterocycles. The van der Waals surface area contributed by atoms with Gasteiger partial charge in [0.2, 0.25) is 10.0 Å². The molecular weight excluding hydrogens is 455 g/mol. The van der Waals surface area contributed by atoms with Gasteiger partial charge in [-0.1, -0.05) is 0 Å². The quantitative estimate of drug-likeness (QED) is 0.536. The fourth-order valence-electron chi connectivity index (χ4n) is 4.59. The molecule has 1 atom stereocenters. The average molecular weight is 485 g/mol. The Bertz CT molecular complexity index is 1440. The van der Waals surface area contributed by atoms with E-state index in [-0.39, 0.29) is 23.0 Å². The molecule has 2 aliphatic carbocycles. The zero-order valence-electron chi connectivity index (χ0n) is 19.6. The summed E-state index contributed by atoms with van der Waals surface area (Å²) in [5.41, 5.74) is 1.48. The molecule has 1 fully saturated rings. The van der Waals surface area contributed by atoms with Crippen molar-refractivity contribution in [2.45, 2.75) is 62.1 Å². The third-order valence-corrected chi connectivity index (χ3v) is 8.06. The van der Waals surface area contributed by atoms with Crippen molar-refractivity contribution in [1.29, 1.82) is 0 Å². The third-order valence-electron chi connectivity index (χ3n) is 6.53. The molecule has 0 saturated heterocycles. The highest BCUT2D eigenvalue weighted by molar-refractivity contribution is 7.89. The summed E-state index contributed by atoms with van der Waals surface area (Å²) in [5, 5.41) is 4.78. The highest BCUT2D eigenvalue weighted by Crippen LogP contribution is 2.42. The number of rotatable bonds is 7. The van der Waals surface area contributed by atoms with Gasteiger partial charge in [0.05, 0.1) is 4.90 Å². The van der Waals surface area contributed by atoms with Crippen LogP contribution >= 0.6 is 0 Å². The Hall–Kier alpha value is -2.78. The second kappa shape index (κ2) is 8.16. The van der Waals surface area contributed by atoms with Crippen molar-refractivity contribution in [2.24, 2.45) is 7.05 Å². The summed E-state index contributed by atoms with van der Waals surface area (Å²) in [6.45, 7) is 2.39. The normalized spacial score (nSPS) is 18.3. The van der Waals surface area contributed by atoms with Crippen molar-refractivity contribution in [1.82, 2.24) is 14.3 Å². The molecule has 180 valence electrons. The number of fused-ring (bicyclic) bond motifs is 2. The Balaban J connectivity index is 1.57. The van der Waals surface area contributed by atoms with Crippen LogP contribution < -0.4 is 15.6 Å². The van der Waals surface area contributed by atoms with E-state index in [0.717, 1.165) is 35.0 Å². The number of alkyl halides is 1. The largest absolute Gasteiger partial charge is 0.381 e. The number of hydrogen-bond donors (Lipinski definition) is 2. The molecule has 2 aliphatic rings. The van der Waals surface area contributed by atoms with E-state index in [4.69, 9.17) is 0 Å². The van der Waals surface area contributed by atoms with Crippen LogP contribution in [0.25, 0.3) is 10.8 Å². The van der Waals surface area contributed by atoms with Crippen molar-refractivity contribution in [3.8, 4) is 0 Å². The summed E-state index contributed by atoms with van der Waals surface area (Å²) in [5.74, 6) is 0.376. The molecule has 2 heterocycles. The fraction of sp³-hybridized carbons (Fsp3) is 0.440. The van der Waals surface area contributed by atoms with Gasteiger partial charge in [-0.3, -0.25) is 9.78 Å². The van der Waals surface area contributed by atoms with E-state index < -0.39 is 15.7 Å². The lowest BCUT2D eigenvalue weighted by molar-refractivity contribution is 0.221. The molecule has 34 heavy (non-hydrogen) atoms. The van der Waals surface area contributed by atoms with Crippen LogP contribution in [0.1, 0.15) is 49.4 Å². The van der Waals surface area contributed by atoms with E-state index in [1.165, 1.54) is 24.5 Å². The molecule has 1 aromatic carbocycles. The van der Waals surface area contributed by atoms with Gasteiger partial charge >= 0.3 is 0 Å². The number of halogens is 1. The molecule has 1 unspecified atom stereocenters. The van der Waals surface area contributed by atoms with Crippen LogP contribution in [-0.4, -0.2) is 36.2 Å². The van der Waals surface area contributed by atoms with E-state index in [2.05, 4.69) is 15.0 Å². The Morgan fingerprint density at radius 2 is 1.97 bits per heavy atom. The first-order valence-corrected chi connectivity index (χ1v) is 13.0. The zero-order valence-corrected chi connectivity index (χ0v) is 20.4. The monoisotopic (exact) mass is 484 g/mol. The lowest BCUT2D eigenvalue weighted by Gasteiger charge is -2.18. The fourth-order valence-corrected chi connectivity index (χ4v) is 6.27. The number of hydrogen-bond acceptors (Lipinski definition) is 5. The van der Waals surface area contributed by atoms with E-state index in [1.54, 1.807) is 19.4 Å². The van der Waals surface area contributed by atoms with Crippen LogP contribution in [0.4, 0.5) is 10.1 Å². The second-order valence-electron chi connectivity index (χ2n) is 10.1. The Morgan fingerprint density at radius 1 is 1.21 bits per heavy atom. The summed E-state index contributed by atoms with van der Waals surface area (Å²) in [7, 11) is -2.28. The van der Waals surface area contributed by atoms with Gasteiger partial charge in [0.25, 0.3) is 5.56 Å². The van der Waals surface area contributed by atoms with E-state index >= 15 is 0 Å². The first-order chi connectivity index (χ1) is 16.0. The van der Waals surface area contributed by atoms with Gasteiger partial charge in [0.1, 0.15) is 5.67 Å². The van der Waals surface area contributed by atoms with E-state index in [0.29, 0.717) is 29.8 Å². The third kappa shape index (κ3) is 4.59. The number of nitrogens with one attached hydrogen (secondary N) is 2. The van der Waals surface area contributed by atoms with E-state index in [1.807, 2.05) is 18.2 Å². The number of aromatic nitrogens is 2. The van der Waals surface area contributed by atoms with Gasteiger partial charge in [-0.25, -0.2) is 17.5 Å². The summed E-state index contributed by atoms with van der Waals surface area (Å²) in [4.78, 5) is 16.8. The molecule has 0 bridgehead atoms. The number of aryl methyl sites for hydroxylation is 1. The number of anilines is 1. The highest BCUT2D eigenvalue weighted by atomic mass is 32.2. The number of pyridine rings is 2. The molecule has 0 aliphatic heterocycles. The van der Waals surface area contributed by atoms with Gasteiger partial charge < -0.3 is 9.88 Å². The predicted octanol–water partition coefficient (Wildman–Crippen LogP) is 3.42. The summed E-state index contributed by atoms with van der Waals surface area (Å²) >= 11 is 0. The van der Waals surface area contributed by atoms with Crippen molar-refractivity contribution >= 4 is 26.5 Å². The summed E-state index contributed by atoms with van der Waals surface area (Å²) < 4.78 is 45.2. The van der Waals surface area contributed by atoms with Crippen LogP contribution in [0.3, 0.4) is 0 Å². The molecule has 0 spiro atoms. The molecule has 0 radical (unpaired) electrons. The molecule has 5 rings (SSSR count). The Kier molecular flexibility index (Phi) is 5.52. The molecule has 3 aromatic rings. The second-order valence-corrected chi connectivity index (χ2v) is 11.8. The molecule has 2 N–H and O–H groups in total. The van der Waals surface area contributed by atoms with Crippen molar-refractivity contribution in [3.05, 3.63) is 63.8 Å². The topological polar surface area (TPSA) is 93.1 Å². The molecule has 1 saturated carbocycles.